The number of nitrogens with one attached hydrogen (secondary N) is 1. The van der Waals surface area contributed by atoms with Crippen LogP contribution in [0.1, 0.15) is 21.5 Å². The van der Waals surface area contributed by atoms with Crippen LogP contribution in [0.5, 0.6) is 0 Å². The van der Waals surface area contributed by atoms with E-state index in [-0.39, 0.29) is 5.71 Å². The number of hydrogen-bond donors (Lipinski definition) is 2. The number of carbonyl (C=O) groups is 1. The van der Waals surface area contributed by atoms with Crippen LogP contribution in [-0.2, 0) is 0 Å². The molecule has 23 heavy (non-hydrogen) atoms. The summed E-state index contributed by atoms with van der Waals surface area (Å²) in [5, 5.41) is 24.9. The molecule has 0 unspecified atom stereocenters. The molecular weight excluding hydrogens is 316 g/mol. The van der Waals surface area contributed by atoms with Crippen molar-refractivity contribution in [3.05, 3.63) is 70.2 Å². The van der Waals surface area contributed by atoms with Gasteiger partial charge in [-0.25, -0.2) is 5.43 Å². The molecule has 6 nitrogen and oxygen atoms in total. The summed E-state index contributed by atoms with van der Waals surface area (Å²) >= 11 is 5.83. The normalized spacial score (nSPS) is 11.2. The lowest BCUT2D eigenvalue weighted by Crippen LogP contribution is -2.20. The van der Waals surface area contributed by atoms with Gasteiger partial charge in [-0.05, 0) is 30.3 Å². The van der Waals surface area contributed by atoms with Gasteiger partial charge in [-0.1, -0.05) is 35.0 Å². The van der Waals surface area contributed by atoms with Crippen LogP contribution in [0.3, 0.4) is 0 Å². The smallest absolute Gasteiger partial charge is 0.271 e. The first-order chi connectivity index (χ1) is 11.1. The fraction of sp³-hybridized carbons (Fsp3) is 0. The second kappa shape index (κ2) is 7.73. The number of nitrogens with zero attached hydrogens (tertiary/aromatic N) is 3. The molecular formula is C16H11ClN4O2. The van der Waals surface area contributed by atoms with Gasteiger partial charge in [-0.3, -0.25) is 4.79 Å². The molecule has 0 aliphatic rings. The first-order valence-electron chi connectivity index (χ1n) is 6.45. The average molecular weight is 327 g/mol. The van der Waals surface area contributed by atoms with Crippen molar-refractivity contribution in [2.75, 3.05) is 0 Å². The Balaban J connectivity index is 2.25. The molecule has 0 bridgehead atoms. The molecule has 0 saturated carbocycles. The summed E-state index contributed by atoms with van der Waals surface area (Å²) in [7, 11) is 0. The zero-order chi connectivity index (χ0) is 16.7. The Morgan fingerprint density at radius 3 is 2.65 bits per heavy atom. The highest BCUT2D eigenvalue weighted by molar-refractivity contribution is 6.38. The third-order valence-corrected chi connectivity index (χ3v) is 3.07. The zero-order valence-corrected chi connectivity index (χ0v) is 12.5. The first-order valence-corrected chi connectivity index (χ1v) is 6.83. The van der Waals surface area contributed by atoms with E-state index in [1.807, 2.05) is 6.07 Å². The standard InChI is InChI=1S/C16H11ClN4O2/c17-14-6-2-5-13(8-14)16(22)21-20-15(10-19-23)12-4-1-3-11(7-12)9-18/h1-8,10,23H,(H,21,22). The SMILES string of the molecule is N#Cc1cccc(C(C=NO)=NNC(=O)c2cccc(Cl)c2)c1. The van der Waals surface area contributed by atoms with Crippen molar-refractivity contribution in [2.45, 2.75) is 0 Å². The van der Waals surface area contributed by atoms with Crippen LogP contribution in [0, 0.1) is 11.3 Å². The third kappa shape index (κ3) is 4.40. The highest BCUT2D eigenvalue weighted by Crippen LogP contribution is 2.10. The maximum Gasteiger partial charge on any atom is 0.271 e. The van der Waals surface area contributed by atoms with Crippen LogP contribution in [0.2, 0.25) is 5.02 Å². The molecule has 2 aromatic rings. The van der Waals surface area contributed by atoms with Gasteiger partial charge in [0.15, 0.2) is 0 Å². The molecule has 2 rings (SSSR count). The van der Waals surface area contributed by atoms with E-state index in [1.54, 1.807) is 42.5 Å². The zero-order valence-electron chi connectivity index (χ0n) is 11.8. The number of oxime groups is 1. The van der Waals surface area contributed by atoms with E-state index in [4.69, 9.17) is 22.1 Å². The van der Waals surface area contributed by atoms with Crippen molar-refractivity contribution in [3.63, 3.8) is 0 Å². The number of carbonyl (C=O) groups excluding carboxylic acids is 1. The molecule has 2 N–H and O–H groups in total. The van der Waals surface area contributed by atoms with Crippen molar-refractivity contribution in [1.82, 2.24) is 5.43 Å². The Labute approximate surface area is 137 Å². The number of benzene rings is 2. The summed E-state index contributed by atoms with van der Waals surface area (Å²) in [6.07, 6.45) is 1.06. The van der Waals surface area contributed by atoms with E-state index in [9.17, 15) is 4.79 Å². The van der Waals surface area contributed by atoms with Crippen molar-refractivity contribution >= 4 is 29.4 Å². The molecule has 2 aromatic carbocycles. The quantitative estimate of drug-likeness (QED) is 0.513. The van der Waals surface area contributed by atoms with Crippen LogP contribution >= 0.6 is 11.6 Å². The first kappa shape index (κ1) is 16.2. The maximum atomic E-state index is 12.0. The van der Waals surface area contributed by atoms with Crippen molar-refractivity contribution in [3.8, 4) is 6.07 Å². The summed E-state index contributed by atoms with van der Waals surface area (Å²) in [6.45, 7) is 0. The fourth-order valence-corrected chi connectivity index (χ4v) is 1.97. The lowest BCUT2D eigenvalue weighted by atomic mass is 10.1. The molecule has 7 heteroatoms. The fourth-order valence-electron chi connectivity index (χ4n) is 1.78. The van der Waals surface area contributed by atoms with Crippen LogP contribution in [0.25, 0.3) is 0 Å². The van der Waals surface area contributed by atoms with Gasteiger partial charge in [-0.2, -0.15) is 10.4 Å². The van der Waals surface area contributed by atoms with E-state index in [0.717, 1.165) is 6.21 Å². The second-order valence-electron chi connectivity index (χ2n) is 4.39. The Morgan fingerprint density at radius 1 is 1.22 bits per heavy atom. The van der Waals surface area contributed by atoms with Crippen LogP contribution in [-0.4, -0.2) is 23.0 Å². The molecule has 0 saturated heterocycles. The number of amides is 1. The number of nitriles is 1. The third-order valence-electron chi connectivity index (χ3n) is 2.83. The molecule has 0 radical (unpaired) electrons. The summed E-state index contributed by atoms with van der Waals surface area (Å²) < 4.78 is 0. The molecule has 0 aliphatic carbocycles. The maximum absolute atomic E-state index is 12.0. The van der Waals surface area contributed by atoms with Gasteiger partial charge in [0.05, 0.1) is 17.8 Å². The van der Waals surface area contributed by atoms with Crippen molar-refractivity contribution in [2.24, 2.45) is 10.3 Å². The monoisotopic (exact) mass is 326 g/mol. The molecule has 114 valence electrons. The van der Waals surface area contributed by atoms with E-state index in [2.05, 4.69) is 15.7 Å². The highest BCUT2D eigenvalue weighted by Gasteiger charge is 2.07. The largest absolute Gasteiger partial charge is 0.411 e. The van der Waals surface area contributed by atoms with Gasteiger partial charge >= 0.3 is 0 Å². The molecule has 0 spiro atoms. The minimum absolute atomic E-state index is 0.194. The minimum atomic E-state index is -0.465. The van der Waals surface area contributed by atoms with Crippen LogP contribution < -0.4 is 5.43 Å². The van der Waals surface area contributed by atoms with Gasteiger partial charge in [0.2, 0.25) is 0 Å². The van der Waals surface area contributed by atoms with E-state index < -0.39 is 5.91 Å². The summed E-state index contributed by atoms with van der Waals surface area (Å²) in [5.74, 6) is -0.465. The lowest BCUT2D eigenvalue weighted by molar-refractivity contribution is 0.0955. The van der Waals surface area contributed by atoms with Gasteiger partial charge in [-0.15, -0.1) is 0 Å². The van der Waals surface area contributed by atoms with Crippen molar-refractivity contribution < 1.29 is 10.0 Å². The predicted octanol–water partition coefficient (Wildman–Crippen LogP) is 2.81. The molecule has 0 aliphatic heterocycles. The van der Waals surface area contributed by atoms with Gasteiger partial charge < -0.3 is 5.21 Å². The van der Waals surface area contributed by atoms with Crippen LogP contribution in [0.15, 0.2) is 58.8 Å². The Bertz CT molecular complexity index is 825. The molecule has 0 atom stereocenters. The number of halogens is 1. The van der Waals surface area contributed by atoms with E-state index in [0.29, 0.717) is 21.7 Å². The van der Waals surface area contributed by atoms with E-state index in [1.165, 1.54) is 6.07 Å². The molecule has 0 fully saturated rings. The van der Waals surface area contributed by atoms with Gasteiger partial charge in [0.25, 0.3) is 5.91 Å². The van der Waals surface area contributed by atoms with Crippen molar-refractivity contribution in [1.29, 1.82) is 5.26 Å². The Kier molecular flexibility index (Phi) is 5.45. The summed E-state index contributed by atoms with van der Waals surface area (Å²) in [4.78, 5) is 12.0. The average Bonchev–Trinajstić information content (AvgIpc) is 2.58. The minimum Gasteiger partial charge on any atom is -0.411 e. The molecule has 1 amide bonds. The number of hydrogen-bond acceptors (Lipinski definition) is 5. The highest BCUT2D eigenvalue weighted by atomic mass is 35.5. The molecule has 0 heterocycles. The van der Waals surface area contributed by atoms with Crippen LogP contribution in [0.4, 0.5) is 0 Å². The van der Waals surface area contributed by atoms with Gasteiger partial charge in [0.1, 0.15) is 5.71 Å². The van der Waals surface area contributed by atoms with Gasteiger partial charge in [0, 0.05) is 16.1 Å². The second-order valence-corrected chi connectivity index (χ2v) is 4.82. The Morgan fingerprint density at radius 2 is 1.96 bits per heavy atom. The number of hydrazone groups is 1. The Hall–Kier alpha value is -3.17. The topological polar surface area (TPSA) is 97.8 Å². The molecule has 0 aromatic heterocycles. The summed E-state index contributed by atoms with van der Waals surface area (Å²) in [5.41, 5.74) is 3.83. The number of rotatable bonds is 4. The predicted molar refractivity (Wildman–Crippen MR) is 86.9 cm³/mol. The summed E-state index contributed by atoms with van der Waals surface area (Å²) in [6, 6.07) is 14.9. The van der Waals surface area contributed by atoms with E-state index >= 15 is 0 Å². The lowest BCUT2D eigenvalue weighted by Gasteiger charge is -2.04.